The number of thiophene rings is 1. The Balaban J connectivity index is 2.08. The van der Waals surface area contributed by atoms with Gasteiger partial charge in [-0.25, -0.2) is 4.98 Å². The SMILES string of the molecule is C[C@H]1CCc2c(sc3ncn(CCC(N)=O)c(=O)c23)C1. The number of primary amides is 1. The smallest absolute Gasteiger partial charge is 0.262 e. The van der Waals surface area contributed by atoms with Crippen molar-refractivity contribution >= 4 is 27.5 Å². The van der Waals surface area contributed by atoms with Crippen molar-refractivity contribution in [2.75, 3.05) is 0 Å². The first-order valence-electron chi connectivity index (χ1n) is 6.84. The summed E-state index contributed by atoms with van der Waals surface area (Å²) >= 11 is 1.63. The molecule has 20 heavy (non-hydrogen) atoms. The Morgan fingerprint density at radius 2 is 2.40 bits per heavy atom. The van der Waals surface area contributed by atoms with E-state index in [2.05, 4.69) is 11.9 Å². The lowest BCUT2D eigenvalue weighted by atomic mass is 9.89. The highest BCUT2D eigenvalue weighted by Crippen LogP contribution is 2.35. The molecule has 0 spiro atoms. The van der Waals surface area contributed by atoms with E-state index in [1.54, 1.807) is 11.3 Å². The molecule has 6 heteroatoms. The molecule has 2 N–H and O–H groups in total. The van der Waals surface area contributed by atoms with Crippen LogP contribution in [0.3, 0.4) is 0 Å². The summed E-state index contributed by atoms with van der Waals surface area (Å²) in [5, 5.41) is 0.754. The number of aromatic nitrogens is 2. The summed E-state index contributed by atoms with van der Waals surface area (Å²) in [5.41, 5.74) is 6.27. The lowest BCUT2D eigenvalue weighted by Crippen LogP contribution is -2.24. The predicted octanol–water partition coefficient (Wildman–Crippen LogP) is 1.46. The van der Waals surface area contributed by atoms with Crippen LogP contribution in [0.2, 0.25) is 0 Å². The van der Waals surface area contributed by atoms with Gasteiger partial charge < -0.3 is 5.73 Å². The van der Waals surface area contributed by atoms with Crippen LogP contribution in [0.15, 0.2) is 11.1 Å². The molecule has 0 bridgehead atoms. The molecule has 1 aliphatic rings. The van der Waals surface area contributed by atoms with Crippen molar-refractivity contribution in [1.82, 2.24) is 9.55 Å². The Labute approximate surface area is 120 Å². The highest BCUT2D eigenvalue weighted by Gasteiger charge is 2.23. The number of fused-ring (bicyclic) bond motifs is 3. The van der Waals surface area contributed by atoms with E-state index in [0.717, 1.165) is 29.5 Å². The maximum atomic E-state index is 12.5. The molecule has 0 aliphatic heterocycles. The van der Waals surface area contributed by atoms with Crippen LogP contribution in [0.25, 0.3) is 10.2 Å². The van der Waals surface area contributed by atoms with Crippen LogP contribution in [0.5, 0.6) is 0 Å². The van der Waals surface area contributed by atoms with Crippen molar-refractivity contribution in [3.63, 3.8) is 0 Å². The van der Waals surface area contributed by atoms with Gasteiger partial charge in [-0.1, -0.05) is 6.92 Å². The second-order valence-corrected chi connectivity index (χ2v) is 6.57. The molecule has 2 aromatic heterocycles. The monoisotopic (exact) mass is 291 g/mol. The van der Waals surface area contributed by atoms with Crippen molar-refractivity contribution in [3.05, 3.63) is 27.1 Å². The first-order valence-corrected chi connectivity index (χ1v) is 7.66. The summed E-state index contributed by atoms with van der Waals surface area (Å²) < 4.78 is 1.50. The minimum atomic E-state index is -0.404. The Kier molecular flexibility index (Phi) is 3.33. The number of nitrogens with zero attached hydrogens (tertiary/aromatic N) is 2. The quantitative estimate of drug-likeness (QED) is 0.930. The van der Waals surface area contributed by atoms with Crippen molar-refractivity contribution in [1.29, 1.82) is 0 Å². The van der Waals surface area contributed by atoms with Gasteiger partial charge in [-0.15, -0.1) is 11.3 Å². The molecule has 1 atom stereocenters. The lowest BCUT2D eigenvalue weighted by Gasteiger charge is -2.17. The van der Waals surface area contributed by atoms with E-state index in [1.807, 2.05) is 0 Å². The van der Waals surface area contributed by atoms with E-state index < -0.39 is 5.91 Å². The summed E-state index contributed by atoms with van der Waals surface area (Å²) in [6, 6.07) is 0. The Hall–Kier alpha value is -1.69. The Morgan fingerprint density at radius 1 is 1.60 bits per heavy atom. The standard InChI is InChI=1S/C14H17N3O2S/c1-8-2-3-9-10(6-8)20-13-12(9)14(19)17(7-16-13)5-4-11(15)18/h7-8H,2-6H2,1H3,(H2,15,18)/t8-/m0/s1. The molecule has 5 nitrogen and oxygen atoms in total. The average molecular weight is 291 g/mol. The minimum Gasteiger partial charge on any atom is -0.370 e. The zero-order chi connectivity index (χ0) is 14.3. The summed E-state index contributed by atoms with van der Waals surface area (Å²) in [6.45, 7) is 2.55. The summed E-state index contributed by atoms with van der Waals surface area (Å²) in [5.74, 6) is 0.269. The fourth-order valence-corrected chi connectivity index (χ4v) is 4.10. The third-order valence-electron chi connectivity index (χ3n) is 3.88. The summed E-state index contributed by atoms with van der Waals surface area (Å²) in [4.78, 5) is 29.9. The number of carbonyl (C=O) groups is 1. The van der Waals surface area contributed by atoms with Gasteiger partial charge in [0.15, 0.2) is 0 Å². The molecule has 0 fully saturated rings. The number of carbonyl (C=O) groups excluding carboxylic acids is 1. The van der Waals surface area contributed by atoms with Crippen molar-refractivity contribution < 1.29 is 4.79 Å². The first-order chi connectivity index (χ1) is 9.56. The van der Waals surface area contributed by atoms with Gasteiger partial charge in [0, 0.05) is 17.8 Å². The summed E-state index contributed by atoms with van der Waals surface area (Å²) in [6.07, 6.45) is 4.80. The van der Waals surface area contributed by atoms with E-state index >= 15 is 0 Å². The topological polar surface area (TPSA) is 78.0 Å². The maximum absolute atomic E-state index is 12.5. The number of hydrogen-bond donors (Lipinski definition) is 1. The van der Waals surface area contributed by atoms with Gasteiger partial charge in [0.2, 0.25) is 5.91 Å². The molecule has 106 valence electrons. The number of nitrogens with two attached hydrogens (primary N) is 1. The third kappa shape index (κ3) is 2.24. The van der Waals surface area contributed by atoms with Gasteiger partial charge in [0.25, 0.3) is 5.56 Å². The van der Waals surface area contributed by atoms with Crippen molar-refractivity contribution in [3.8, 4) is 0 Å². The minimum absolute atomic E-state index is 0.0386. The van der Waals surface area contributed by atoms with Crippen LogP contribution in [0.4, 0.5) is 0 Å². The molecule has 2 aromatic rings. The van der Waals surface area contributed by atoms with Crippen LogP contribution in [0, 0.1) is 5.92 Å². The number of aryl methyl sites for hydroxylation is 2. The third-order valence-corrected chi connectivity index (χ3v) is 5.04. The number of amides is 1. The molecule has 0 unspecified atom stereocenters. The highest BCUT2D eigenvalue weighted by atomic mass is 32.1. The highest BCUT2D eigenvalue weighted by molar-refractivity contribution is 7.18. The number of rotatable bonds is 3. The largest absolute Gasteiger partial charge is 0.370 e. The Morgan fingerprint density at radius 3 is 3.15 bits per heavy atom. The van der Waals surface area contributed by atoms with E-state index in [4.69, 9.17) is 5.73 Å². The van der Waals surface area contributed by atoms with Crippen molar-refractivity contribution in [2.45, 2.75) is 39.2 Å². The molecule has 0 aromatic carbocycles. The second-order valence-electron chi connectivity index (χ2n) is 5.49. The molecule has 0 saturated heterocycles. The maximum Gasteiger partial charge on any atom is 0.262 e. The Bertz CT molecular complexity index is 732. The molecule has 3 rings (SSSR count). The van der Waals surface area contributed by atoms with Crippen LogP contribution >= 0.6 is 11.3 Å². The van der Waals surface area contributed by atoms with Crippen LogP contribution < -0.4 is 11.3 Å². The predicted molar refractivity (Wildman–Crippen MR) is 78.9 cm³/mol. The zero-order valence-electron chi connectivity index (χ0n) is 11.4. The molecule has 1 aliphatic carbocycles. The molecule has 0 saturated carbocycles. The molecular weight excluding hydrogens is 274 g/mol. The second kappa shape index (κ2) is 5.01. The van der Waals surface area contributed by atoms with Crippen LogP contribution in [0.1, 0.15) is 30.2 Å². The van der Waals surface area contributed by atoms with E-state index in [0.29, 0.717) is 12.5 Å². The van der Waals surface area contributed by atoms with Gasteiger partial charge in [0.1, 0.15) is 4.83 Å². The average Bonchev–Trinajstić information content (AvgIpc) is 2.75. The van der Waals surface area contributed by atoms with Crippen molar-refractivity contribution in [2.24, 2.45) is 11.7 Å². The first kappa shape index (κ1) is 13.3. The van der Waals surface area contributed by atoms with E-state index in [1.165, 1.54) is 21.3 Å². The lowest BCUT2D eigenvalue weighted by molar-refractivity contribution is -0.118. The molecular formula is C14H17N3O2S. The van der Waals surface area contributed by atoms with Gasteiger partial charge in [-0.05, 0) is 30.7 Å². The van der Waals surface area contributed by atoms with Gasteiger partial charge in [0.05, 0.1) is 11.7 Å². The van der Waals surface area contributed by atoms with E-state index in [-0.39, 0.29) is 12.0 Å². The van der Waals surface area contributed by atoms with Gasteiger partial charge in [-0.2, -0.15) is 0 Å². The normalized spacial score (nSPS) is 18.1. The zero-order valence-corrected chi connectivity index (χ0v) is 12.2. The molecule has 0 radical (unpaired) electrons. The van der Waals surface area contributed by atoms with Gasteiger partial charge >= 0.3 is 0 Å². The van der Waals surface area contributed by atoms with Gasteiger partial charge in [-0.3, -0.25) is 14.2 Å². The molecule has 1 amide bonds. The fourth-order valence-electron chi connectivity index (χ4n) is 2.76. The number of hydrogen-bond acceptors (Lipinski definition) is 4. The fraction of sp³-hybridized carbons (Fsp3) is 0.500. The summed E-state index contributed by atoms with van der Waals surface area (Å²) in [7, 11) is 0. The molecule has 2 heterocycles. The van der Waals surface area contributed by atoms with E-state index in [9.17, 15) is 9.59 Å². The van der Waals surface area contributed by atoms with Crippen LogP contribution in [-0.2, 0) is 24.2 Å². The van der Waals surface area contributed by atoms with Crippen LogP contribution in [-0.4, -0.2) is 15.5 Å².